The SMILES string of the molecule is COc1cc(CN(C)CC(C)(C)O)ccc1O. The van der Waals surface area contributed by atoms with Crippen molar-refractivity contribution in [2.75, 3.05) is 20.7 Å². The summed E-state index contributed by atoms with van der Waals surface area (Å²) in [6.45, 7) is 4.83. The van der Waals surface area contributed by atoms with Crippen molar-refractivity contribution in [3.8, 4) is 11.5 Å². The van der Waals surface area contributed by atoms with Crippen molar-refractivity contribution in [2.24, 2.45) is 0 Å². The quantitative estimate of drug-likeness (QED) is 0.819. The number of phenolic OH excluding ortho intramolecular Hbond substituents is 1. The van der Waals surface area contributed by atoms with Crippen LogP contribution in [0.2, 0.25) is 0 Å². The summed E-state index contributed by atoms with van der Waals surface area (Å²) in [5.74, 6) is 0.612. The second-order valence-electron chi connectivity index (χ2n) is 4.99. The Morgan fingerprint density at radius 3 is 2.53 bits per heavy atom. The minimum atomic E-state index is -0.713. The summed E-state index contributed by atoms with van der Waals surface area (Å²) < 4.78 is 5.05. The minimum absolute atomic E-state index is 0.140. The first-order valence-corrected chi connectivity index (χ1v) is 5.58. The zero-order chi connectivity index (χ0) is 13.1. The molecule has 0 bridgehead atoms. The second kappa shape index (κ2) is 5.38. The molecule has 0 aliphatic carbocycles. The van der Waals surface area contributed by atoms with Gasteiger partial charge in [-0.05, 0) is 38.6 Å². The fraction of sp³-hybridized carbons (Fsp3) is 0.538. The van der Waals surface area contributed by atoms with Gasteiger partial charge in [-0.25, -0.2) is 0 Å². The summed E-state index contributed by atoms with van der Waals surface area (Å²) in [6.07, 6.45) is 0. The van der Waals surface area contributed by atoms with Crippen molar-refractivity contribution in [3.63, 3.8) is 0 Å². The number of ether oxygens (including phenoxy) is 1. The Kier molecular flexibility index (Phi) is 4.37. The van der Waals surface area contributed by atoms with Crippen molar-refractivity contribution in [1.82, 2.24) is 4.90 Å². The number of hydrogen-bond donors (Lipinski definition) is 2. The molecule has 0 aromatic heterocycles. The van der Waals surface area contributed by atoms with Crippen LogP contribution in [0.15, 0.2) is 18.2 Å². The number of hydrogen-bond acceptors (Lipinski definition) is 4. The summed E-state index contributed by atoms with van der Waals surface area (Å²) in [5, 5.41) is 19.2. The van der Waals surface area contributed by atoms with Crippen LogP contribution in [0, 0.1) is 0 Å². The monoisotopic (exact) mass is 239 g/mol. The van der Waals surface area contributed by atoms with Gasteiger partial charge in [-0.3, -0.25) is 4.90 Å². The Morgan fingerprint density at radius 2 is 2.00 bits per heavy atom. The molecule has 0 aliphatic heterocycles. The topological polar surface area (TPSA) is 52.9 Å². The van der Waals surface area contributed by atoms with E-state index in [1.54, 1.807) is 26.0 Å². The van der Waals surface area contributed by atoms with Crippen molar-refractivity contribution in [3.05, 3.63) is 23.8 Å². The average Bonchev–Trinajstić information content (AvgIpc) is 2.18. The van der Waals surface area contributed by atoms with E-state index in [9.17, 15) is 10.2 Å². The maximum absolute atomic E-state index is 9.70. The average molecular weight is 239 g/mol. The van der Waals surface area contributed by atoms with Crippen molar-refractivity contribution in [1.29, 1.82) is 0 Å². The van der Waals surface area contributed by atoms with E-state index in [1.165, 1.54) is 7.11 Å². The Balaban J connectivity index is 2.68. The van der Waals surface area contributed by atoms with Gasteiger partial charge in [-0.15, -0.1) is 0 Å². The first-order chi connectivity index (χ1) is 7.81. The lowest BCUT2D eigenvalue weighted by atomic mass is 10.1. The molecule has 1 aromatic rings. The zero-order valence-corrected chi connectivity index (χ0v) is 10.9. The van der Waals surface area contributed by atoms with Crippen LogP contribution in [-0.2, 0) is 6.54 Å². The van der Waals surface area contributed by atoms with E-state index in [-0.39, 0.29) is 5.75 Å². The summed E-state index contributed by atoms with van der Waals surface area (Å²) in [6, 6.07) is 5.26. The maximum atomic E-state index is 9.70. The Hall–Kier alpha value is -1.26. The predicted octanol–water partition coefficient (Wildman–Crippen LogP) is 1.60. The molecule has 0 atom stereocenters. The van der Waals surface area contributed by atoms with Gasteiger partial charge in [0.15, 0.2) is 11.5 Å². The second-order valence-corrected chi connectivity index (χ2v) is 4.99. The van der Waals surface area contributed by atoms with E-state index in [1.807, 2.05) is 18.0 Å². The lowest BCUT2D eigenvalue weighted by Gasteiger charge is -2.25. The van der Waals surface area contributed by atoms with Crippen LogP contribution in [0.3, 0.4) is 0 Å². The molecule has 0 aliphatic rings. The summed E-state index contributed by atoms with van der Waals surface area (Å²) in [5.41, 5.74) is 0.321. The molecule has 1 rings (SSSR count). The number of aliphatic hydroxyl groups is 1. The highest BCUT2D eigenvalue weighted by atomic mass is 16.5. The molecule has 4 nitrogen and oxygen atoms in total. The van der Waals surface area contributed by atoms with Gasteiger partial charge < -0.3 is 14.9 Å². The molecular formula is C13H21NO3. The highest BCUT2D eigenvalue weighted by Crippen LogP contribution is 2.26. The Labute approximate surface area is 102 Å². The van der Waals surface area contributed by atoms with Crippen molar-refractivity contribution in [2.45, 2.75) is 26.0 Å². The van der Waals surface area contributed by atoms with Crippen molar-refractivity contribution < 1.29 is 14.9 Å². The van der Waals surface area contributed by atoms with Crippen LogP contribution in [0.1, 0.15) is 19.4 Å². The predicted molar refractivity (Wildman–Crippen MR) is 67.3 cm³/mol. The van der Waals surface area contributed by atoms with E-state index in [0.717, 1.165) is 5.56 Å². The molecule has 0 saturated heterocycles. The summed E-state index contributed by atoms with van der Waals surface area (Å²) >= 11 is 0. The molecule has 2 N–H and O–H groups in total. The fourth-order valence-corrected chi connectivity index (χ4v) is 1.85. The maximum Gasteiger partial charge on any atom is 0.160 e. The first-order valence-electron chi connectivity index (χ1n) is 5.58. The molecule has 0 spiro atoms. The number of methoxy groups -OCH3 is 1. The third-order valence-electron chi connectivity index (χ3n) is 2.35. The van der Waals surface area contributed by atoms with Crippen LogP contribution in [0.4, 0.5) is 0 Å². The van der Waals surface area contributed by atoms with Crippen LogP contribution >= 0.6 is 0 Å². The number of phenols is 1. The molecule has 1 aromatic carbocycles. The third-order valence-corrected chi connectivity index (χ3v) is 2.35. The van der Waals surface area contributed by atoms with Gasteiger partial charge in [0.05, 0.1) is 12.7 Å². The Morgan fingerprint density at radius 1 is 1.35 bits per heavy atom. The molecule has 0 fully saturated rings. The lowest BCUT2D eigenvalue weighted by Crippen LogP contribution is -2.35. The molecular weight excluding hydrogens is 218 g/mol. The lowest BCUT2D eigenvalue weighted by molar-refractivity contribution is 0.0424. The smallest absolute Gasteiger partial charge is 0.160 e. The number of benzene rings is 1. The van der Waals surface area contributed by atoms with E-state index < -0.39 is 5.60 Å². The highest BCUT2D eigenvalue weighted by molar-refractivity contribution is 5.41. The molecule has 0 amide bonds. The van der Waals surface area contributed by atoms with Gasteiger partial charge in [0.25, 0.3) is 0 Å². The standard InChI is InChI=1S/C13H21NO3/c1-13(2,16)9-14(3)8-10-5-6-11(15)12(7-10)17-4/h5-7,15-16H,8-9H2,1-4H3. The normalized spacial score (nSPS) is 11.9. The summed E-state index contributed by atoms with van der Waals surface area (Å²) in [4.78, 5) is 2.02. The third kappa shape index (κ3) is 4.63. The number of likely N-dealkylation sites (N-methyl/N-ethyl adjacent to an activating group) is 1. The molecule has 0 radical (unpaired) electrons. The minimum Gasteiger partial charge on any atom is -0.504 e. The fourth-order valence-electron chi connectivity index (χ4n) is 1.85. The molecule has 4 heteroatoms. The summed E-state index contributed by atoms with van der Waals surface area (Å²) in [7, 11) is 3.47. The van der Waals surface area contributed by atoms with Crippen LogP contribution in [-0.4, -0.2) is 41.4 Å². The molecule has 17 heavy (non-hydrogen) atoms. The van der Waals surface area contributed by atoms with Gasteiger partial charge in [0.2, 0.25) is 0 Å². The van der Waals surface area contributed by atoms with Gasteiger partial charge in [-0.1, -0.05) is 6.07 Å². The molecule has 96 valence electrons. The molecule has 0 heterocycles. The van der Waals surface area contributed by atoms with E-state index >= 15 is 0 Å². The molecule has 0 unspecified atom stereocenters. The van der Waals surface area contributed by atoms with Crippen LogP contribution < -0.4 is 4.74 Å². The highest BCUT2D eigenvalue weighted by Gasteiger charge is 2.15. The van der Waals surface area contributed by atoms with Crippen LogP contribution in [0.5, 0.6) is 11.5 Å². The van der Waals surface area contributed by atoms with E-state index in [2.05, 4.69) is 0 Å². The van der Waals surface area contributed by atoms with Gasteiger partial charge in [0, 0.05) is 13.1 Å². The van der Waals surface area contributed by atoms with Crippen LogP contribution in [0.25, 0.3) is 0 Å². The largest absolute Gasteiger partial charge is 0.504 e. The number of aromatic hydroxyl groups is 1. The number of rotatable bonds is 5. The molecule has 0 saturated carbocycles. The first kappa shape index (κ1) is 13.8. The van der Waals surface area contributed by atoms with E-state index in [4.69, 9.17) is 4.74 Å². The van der Waals surface area contributed by atoms with Gasteiger partial charge in [0.1, 0.15) is 0 Å². The zero-order valence-electron chi connectivity index (χ0n) is 10.9. The van der Waals surface area contributed by atoms with Gasteiger partial charge >= 0.3 is 0 Å². The van der Waals surface area contributed by atoms with Gasteiger partial charge in [-0.2, -0.15) is 0 Å². The number of nitrogens with zero attached hydrogens (tertiary/aromatic N) is 1. The Bertz CT molecular complexity index is 371. The van der Waals surface area contributed by atoms with E-state index in [0.29, 0.717) is 18.8 Å². The van der Waals surface area contributed by atoms with Crippen molar-refractivity contribution >= 4 is 0 Å².